The first-order valence-corrected chi connectivity index (χ1v) is 7.17. The highest BCUT2D eigenvalue weighted by molar-refractivity contribution is 5.95. The Morgan fingerprint density at radius 3 is 2.62 bits per heavy atom. The summed E-state index contributed by atoms with van der Waals surface area (Å²) in [4.78, 5) is 11.9. The van der Waals surface area contributed by atoms with Gasteiger partial charge in [-0.1, -0.05) is 0 Å². The maximum atomic E-state index is 13.0. The fourth-order valence-corrected chi connectivity index (χ4v) is 2.26. The molecule has 0 aromatic heterocycles. The normalized spacial score (nSPS) is 23.8. The van der Waals surface area contributed by atoms with E-state index in [1.54, 1.807) is 24.3 Å². The van der Waals surface area contributed by atoms with Crippen molar-refractivity contribution in [3.05, 3.63) is 24.3 Å². The molecule has 1 aliphatic heterocycles. The van der Waals surface area contributed by atoms with Gasteiger partial charge in [0.2, 0.25) is 5.91 Å². The van der Waals surface area contributed by atoms with Crippen LogP contribution in [-0.2, 0) is 4.79 Å². The molecule has 3 rings (SSSR count). The lowest BCUT2D eigenvalue weighted by Gasteiger charge is -2.12. The largest absolute Gasteiger partial charge is 0.493 e. The van der Waals surface area contributed by atoms with Crippen molar-refractivity contribution in [1.29, 1.82) is 0 Å². The van der Waals surface area contributed by atoms with Crippen molar-refractivity contribution >= 4 is 11.6 Å². The number of anilines is 1. The molecule has 1 aromatic carbocycles. The lowest BCUT2D eigenvalue weighted by molar-refractivity contribution is -0.118. The van der Waals surface area contributed by atoms with E-state index in [-0.39, 0.29) is 0 Å². The van der Waals surface area contributed by atoms with Gasteiger partial charge in [-0.05, 0) is 43.0 Å². The van der Waals surface area contributed by atoms with Crippen molar-refractivity contribution in [2.75, 3.05) is 18.5 Å². The minimum atomic E-state index is -2.80. The minimum absolute atomic E-state index is 0.432. The first kappa shape index (κ1) is 14.3. The number of halogens is 2. The van der Waals surface area contributed by atoms with Crippen LogP contribution in [0.1, 0.15) is 19.3 Å². The second kappa shape index (κ2) is 5.60. The van der Waals surface area contributed by atoms with Gasteiger partial charge in [-0.15, -0.1) is 0 Å². The topological polar surface area (TPSA) is 50.4 Å². The van der Waals surface area contributed by atoms with Crippen molar-refractivity contribution in [3.8, 4) is 5.75 Å². The maximum absolute atomic E-state index is 13.0. The van der Waals surface area contributed by atoms with Gasteiger partial charge in [0.25, 0.3) is 5.92 Å². The number of nitrogens with one attached hydrogen (secondary N) is 2. The second-order valence-electron chi connectivity index (χ2n) is 5.76. The van der Waals surface area contributed by atoms with E-state index in [1.165, 1.54) is 12.8 Å². The first-order valence-electron chi connectivity index (χ1n) is 7.17. The summed E-state index contributed by atoms with van der Waals surface area (Å²) in [5.74, 6) is -1.80. The average Bonchev–Trinajstić information content (AvgIpc) is 3.20. The Morgan fingerprint density at radius 1 is 1.33 bits per heavy atom. The van der Waals surface area contributed by atoms with E-state index in [1.807, 2.05) is 0 Å². The molecule has 0 bridgehead atoms. The van der Waals surface area contributed by atoms with E-state index in [4.69, 9.17) is 4.74 Å². The lowest BCUT2D eigenvalue weighted by Crippen LogP contribution is -2.35. The van der Waals surface area contributed by atoms with Crippen LogP contribution in [0.2, 0.25) is 0 Å². The number of benzene rings is 1. The number of rotatable bonds is 5. The fraction of sp³-hybridized carbons (Fsp3) is 0.533. The Kier molecular flexibility index (Phi) is 3.80. The Morgan fingerprint density at radius 2 is 2.05 bits per heavy atom. The standard InChI is InChI=1S/C15H18F2N2O2/c16-15(17)7-13(18-9-15)14(20)19-11-3-5-12(6-4-11)21-8-10-1-2-10/h3-6,10,13,18H,1-2,7-9H2,(H,19,20). The number of ether oxygens (including phenoxy) is 1. The third-order valence-electron chi connectivity index (χ3n) is 3.73. The predicted octanol–water partition coefficient (Wildman–Crippen LogP) is 2.41. The molecule has 2 fully saturated rings. The van der Waals surface area contributed by atoms with E-state index in [0.717, 1.165) is 12.4 Å². The van der Waals surface area contributed by atoms with E-state index in [2.05, 4.69) is 10.6 Å². The first-order chi connectivity index (χ1) is 10.0. The number of carbonyl (C=O) groups excluding carboxylic acids is 1. The zero-order valence-electron chi connectivity index (χ0n) is 11.6. The van der Waals surface area contributed by atoms with E-state index in [0.29, 0.717) is 11.6 Å². The van der Waals surface area contributed by atoms with E-state index < -0.39 is 30.8 Å². The van der Waals surface area contributed by atoms with Crippen LogP contribution < -0.4 is 15.4 Å². The van der Waals surface area contributed by atoms with Crippen LogP contribution in [0.15, 0.2) is 24.3 Å². The Hall–Kier alpha value is -1.69. The number of hydrogen-bond acceptors (Lipinski definition) is 3. The Bertz CT molecular complexity index is 515. The highest BCUT2D eigenvalue weighted by Gasteiger charge is 2.42. The molecule has 114 valence electrons. The number of amides is 1. The molecule has 1 saturated heterocycles. The number of hydrogen-bond donors (Lipinski definition) is 2. The van der Waals surface area contributed by atoms with Crippen LogP contribution in [0.25, 0.3) is 0 Å². The monoisotopic (exact) mass is 296 g/mol. The summed E-state index contributed by atoms with van der Waals surface area (Å²) in [6.07, 6.45) is 2.00. The van der Waals surface area contributed by atoms with Crippen LogP contribution in [0.5, 0.6) is 5.75 Å². The van der Waals surface area contributed by atoms with Gasteiger partial charge in [-0.25, -0.2) is 8.78 Å². The molecule has 4 nitrogen and oxygen atoms in total. The molecule has 2 aliphatic rings. The van der Waals surface area contributed by atoms with Crippen molar-refractivity contribution in [2.24, 2.45) is 5.92 Å². The summed E-state index contributed by atoms with van der Waals surface area (Å²) in [6.45, 7) is 0.284. The van der Waals surface area contributed by atoms with Crippen LogP contribution >= 0.6 is 0 Å². The third kappa shape index (κ3) is 3.91. The van der Waals surface area contributed by atoms with Crippen LogP contribution in [-0.4, -0.2) is 31.0 Å². The molecule has 2 N–H and O–H groups in total. The predicted molar refractivity (Wildman–Crippen MR) is 74.6 cm³/mol. The summed E-state index contributed by atoms with van der Waals surface area (Å²) in [5, 5.41) is 5.17. The SMILES string of the molecule is O=C(Nc1ccc(OCC2CC2)cc1)C1CC(F)(F)CN1. The summed E-state index contributed by atoms with van der Waals surface area (Å²) in [5.41, 5.74) is 0.579. The molecule has 1 aromatic rings. The van der Waals surface area contributed by atoms with Crippen molar-refractivity contribution in [3.63, 3.8) is 0 Å². The second-order valence-corrected chi connectivity index (χ2v) is 5.76. The molecule has 6 heteroatoms. The average molecular weight is 296 g/mol. The Labute approximate surface area is 121 Å². The van der Waals surface area contributed by atoms with Gasteiger partial charge in [-0.2, -0.15) is 0 Å². The molecule has 1 saturated carbocycles. The highest BCUT2D eigenvalue weighted by atomic mass is 19.3. The van der Waals surface area contributed by atoms with Crippen molar-refractivity contribution < 1.29 is 18.3 Å². The van der Waals surface area contributed by atoms with Gasteiger partial charge in [0, 0.05) is 12.1 Å². The van der Waals surface area contributed by atoms with Crippen LogP contribution in [0.3, 0.4) is 0 Å². The molecule has 1 heterocycles. The molecule has 1 amide bonds. The quantitative estimate of drug-likeness (QED) is 0.877. The van der Waals surface area contributed by atoms with Gasteiger partial charge in [0.15, 0.2) is 0 Å². The van der Waals surface area contributed by atoms with Crippen molar-refractivity contribution in [2.45, 2.75) is 31.2 Å². The smallest absolute Gasteiger partial charge is 0.262 e. The van der Waals surface area contributed by atoms with Crippen LogP contribution in [0.4, 0.5) is 14.5 Å². The zero-order chi connectivity index (χ0) is 14.9. The lowest BCUT2D eigenvalue weighted by atomic mass is 10.2. The summed E-state index contributed by atoms with van der Waals surface area (Å²) >= 11 is 0. The summed E-state index contributed by atoms with van der Waals surface area (Å²) < 4.78 is 31.7. The molecule has 1 unspecified atom stereocenters. The molecule has 1 atom stereocenters. The summed E-state index contributed by atoms with van der Waals surface area (Å²) in [6, 6.07) is 6.13. The van der Waals surface area contributed by atoms with Gasteiger partial charge in [-0.3, -0.25) is 10.1 Å². The van der Waals surface area contributed by atoms with E-state index in [9.17, 15) is 13.6 Å². The van der Waals surface area contributed by atoms with Crippen molar-refractivity contribution in [1.82, 2.24) is 5.32 Å². The Balaban J connectivity index is 1.51. The molecular weight excluding hydrogens is 278 g/mol. The molecule has 0 radical (unpaired) electrons. The highest BCUT2D eigenvalue weighted by Crippen LogP contribution is 2.30. The third-order valence-corrected chi connectivity index (χ3v) is 3.73. The van der Waals surface area contributed by atoms with Gasteiger partial charge in [0.05, 0.1) is 19.2 Å². The minimum Gasteiger partial charge on any atom is -0.493 e. The van der Waals surface area contributed by atoms with E-state index >= 15 is 0 Å². The van der Waals surface area contributed by atoms with Gasteiger partial charge >= 0.3 is 0 Å². The zero-order valence-corrected chi connectivity index (χ0v) is 11.6. The fourth-order valence-electron chi connectivity index (χ4n) is 2.26. The van der Waals surface area contributed by atoms with Gasteiger partial charge < -0.3 is 10.1 Å². The molecule has 1 aliphatic carbocycles. The molecular formula is C15H18F2N2O2. The molecule has 21 heavy (non-hydrogen) atoms. The maximum Gasteiger partial charge on any atom is 0.262 e. The van der Waals surface area contributed by atoms with Crippen LogP contribution in [0, 0.1) is 5.92 Å². The summed E-state index contributed by atoms with van der Waals surface area (Å²) in [7, 11) is 0. The van der Waals surface area contributed by atoms with Gasteiger partial charge in [0.1, 0.15) is 5.75 Å². The molecule has 0 spiro atoms. The number of alkyl halides is 2. The number of carbonyl (C=O) groups is 1.